The van der Waals surface area contributed by atoms with Crippen LogP contribution in [0, 0.1) is 5.92 Å². The molecule has 2 aliphatic rings. The van der Waals surface area contributed by atoms with Crippen molar-refractivity contribution >= 4 is 17.3 Å². The molecule has 2 aromatic rings. The van der Waals surface area contributed by atoms with Crippen LogP contribution in [0.5, 0.6) is 0 Å². The van der Waals surface area contributed by atoms with Crippen LogP contribution in [0.2, 0.25) is 0 Å². The fourth-order valence-corrected chi connectivity index (χ4v) is 4.49. The van der Waals surface area contributed by atoms with Crippen molar-refractivity contribution in [3.05, 3.63) is 24.2 Å². The van der Waals surface area contributed by atoms with E-state index in [9.17, 15) is 15.0 Å². The fourth-order valence-electron chi connectivity index (χ4n) is 4.49. The van der Waals surface area contributed by atoms with Gasteiger partial charge in [0, 0.05) is 6.42 Å². The zero-order chi connectivity index (χ0) is 24.0. The van der Waals surface area contributed by atoms with Gasteiger partial charge >= 0.3 is 5.97 Å². The normalized spacial score (nSPS) is 32.0. The number of aliphatic hydroxyl groups excluding tert-OH is 2. The molecule has 0 bridgehead atoms. The van der Waals surface area contributed by atoms with Gasteiger partial charge in [0.25, 0.3) is 0 Å². The van der Waals surface area contributed by atoms with E-state index in [-0.39, 0.29) is 0 Å². The Balaban J connectivity index is 1.40. The summed E-state index contributed by atoms with van der Waals surface area (Å²) in [4.78, 5) is 21.9. The van der Waals surface area contributed by atoms with Gasteiger partial charge in [0.05, 0.1) is 12.3 Å². The number of ether oxygens (including phenoxy) is 2. The van der Waals surface area contributed by atoms with Crippen molar-refractivity contribution in [3.8, 4) is 0 Å². The summed E-state index contributed by atoms with van der Waals surface area (Å²) < 4.78 is 13.2. The van der Waals surface area contributed by atoms with Gasteiger partial charge in [-0.15, -0.1) is 0 Å². The van der Waals surface area contributed by atoms with E-state index in [1.54, 1.807) is 30.5 Å². The molecule has 182 valence electrons. The van der Waals surface area contributed by atoms with Crippen LogP contribution in [0.25, 0.3) is 5.52 Å². The summed E-state index contributed by atoms with van der Waals surface area (Å²) in [5, 5.41) is 26.0. The third-order valence-electron chi connectivity index (χ3n) is 7.00. The number of aromatic nitrogens is 3. The smallest absolute Gasteiger partial charge is 0.325 e. The number of nitrogens with zero attached hydrogens (tertiary/aromatic N) is 3. The molecule has 2 aromatic heterocycles. The number of hydrogen-bond acceptors (Lipinski definition) is 10. The summed E-state index contributed by atoms with van der Waals surface area (Å²) in [5.74, 6) is 0.219. The van der Waals surface area contributed by atoms with E-state index >= 15 is 0 Å². The summed E-state index contributed by atoms with van der Waals surface area (Å²) in [6.07, 6.45) is 0.573. The third kappa shape index (κ3) is 3.97. The summed E-state index contributed by atoms with van der Waals surface area (Å²) in [5.41, 5.74) is 7.36. The minimum absolute atomic E-state index is 0.296. The van der Waals surface area contributed by atoms with E-state index in [1.807, 2.05) is 0 Å². The first-order chi connectivity index (χ1) is 15.7. The van der Waals surface area contributed by atoms with Crippen LogP contribution in [0.1, 0.15) is 52.7 Å². The van der Waals surface area contributed by atoms with Gasteiger partial charge < -0.3 is 25.4 Å². The van der Waals surface area contributed by atoms with Crippen LogP contribution < -0.4 is 11.2 Å². The summed E-state index contributed by atoms with van der Waals surface area (Å²) >= 11 is 0. The molecule has 2 fully saturated rings. The minimum atomic E-state index is -1.26. The van der Waals surface area contributed by atoms with Crippen molar-refractivity contribution < 1.29 is 29.3 Å². The number of aliphatic hydroxyl groups is 2. The Labute approximate surface area is 192 Å². The van der Waals surface area contributed by atoms with Crippen LogP contribution in [0.4, 0.5) is 5.82 Å². The number of esters is 1. The molecule has 6 atom stereocenters. The number of nitrogens with one attached hydrogen (secondary N) is 1. The second-order valence-corrected chi connectivity index (χ2v) is 9.18. The van der Waals surface area contributed by atoms with E-state index in [4.69, 9.17) is 20.0 Å². The number of carbonyl (C=O) groups excluding carboxylic acids is 1. The molecule has 1 aliphatic heterocycles. The SMILES string of the molecule is CCC(CC)COC(=O)[C@H](C)NO[C@@H]1CC12O[C@@](C)(c1ccc3c(N)ncnn13)[C@H](O)[C@@H]2O. The Hall–Kier alpha value is -2.31. The molecule has 0 amide bonds. The lowest BCUT2D eigenvalue weighted by molar-refractivity contribution is -0.155. The van der Waals surface area contributed by atoms with Crippen LogP contribution in [0.15, 0.2) is 18.5 Å². The summed E-state index contributed by atoms with van der Waals surface area (Å²) in [6, 6.07) is 2.78. The van der Waals surface area contributed by atoms with Gasteiger partial charge in [-0.1, -0.05) is 26.7 Å². The van der Waals surface area contributed by atoms with Gasteiger partial charge in [-0.3, -0.25) is 9.63 Å². The standard InChI is InChI=1S/C22H33N5O6/c1-5-13(6-2)10-31-20(30)12(3)26-32-16-9-22(16)18(29)17(28)21(4,33-22)15-8-7-14-19(23)24-11-25-27(14)15/h7-8,11-13,16-18,26,28-29H,5-6,9-10H2,1-4H3,(H2,23,24,25)/t12-,16+,17+,18-,21-,22?/m0/s1. The first-order valence-electron chi connectivity index (χ1n) is 11.4. The number of rotatable bonds is 9. The van der Waals surface area contributed by atoms with E-state index in [1.165, 1.54) is 6.33 Å². The molecule has 4 rings (SSSR count). The Morgan fingerprint density at radius 1 is 1.36 bits per heavy atom. The van der Waals surface area contributed by atoms with Crippen molar-refractivity contribution in [3.63, 3.8) is 0 Å². The Kier molecular flexibility index (Phi) is 6.36. The third-order valence-corrected chi connectivity index (χ3v) is 7.00. The van der Waals surface area contributed by atoms with Crippen molar-refractivity contribution in [2.24, 2.45) is 5.92 Å². The van der Waals surface area contributed by atoms with Crippen molar-refractivity contribution in [1.82, 2.24) is 20.1 Å². The molecule has 0 aromatic carbocycles. The van der Waals surface area contributed by atoms with Gasteiger partial charge in [0.1, 0.15) is 47.4 Å². The van der Waals surface area contributed by atoms with Crippen molar-refractivity contribution in [1.29, 1.82) is 0 Å². The second-order valence-electron chi connectivity index (χ2n) is 9.18. The highest BCUT2D eigenvalue weighted by molar-refractivity contribution is 5.75. The quantitative estimate of drug-likeness (QED) is 0.308. The van der Waals surface area contributed by atoms with Gasteiger partial charge in [0.2, 0.25) is 0 Å². The Morgan fingerprint density at radius 2 is 2.09 bits per heavy atom. The molecule has 33 heavy (non-hydrogen) atoms. The maximum absolute atomic E-state index is 12.2. The van der Waals surface area contributed by atoms with Gasteiger partial charge in [-0.05, 0) is 31.9 Å². The molecule has 1 unspecified atom stereocenters. The van der Waals surface area contributed by atoms with Crippen molar-refractivity contribution in [2.75, 3.05) is 12.3 Å². The predicted molar refractivity (Wildman–Crippen MR) is 118 cm³/mol. The molecular formula is C22H33N5O6. The number of nitrogens with two attached hydrogens (primary N) is 1. The topological polar surface area (TPSA) is 153 Å². The van der Waals surface area contributed by atoms with Gasteiger partial charge in [0.15, 0.2) is 5.82 Å². The van der Waals surface area contributed by atoms with Gasteiger partial charge in [-0.25, -0.2) is 9.50 Å². The highest BCUT2D eigenvalue weighted by atomic mass is 16.7. The van der Waals surface area contributed by atoms with Crippen LogP contribution in [-0.2, 0) is 24.7 Å². The molecule has 11 heteroatoms. The maximum atomic E-state index is 12.2. The monoisotopic (exact) mass is 463 g/mol. The first kappa shape index (κ1) is 23.8. The number of anilines is 1. The maximum Gasteiger partial charge on any atom is 0.325 e. The zero-order valence-corrected chi connectivity index (χ0v) is 19.4. The first-order valence-corrected chi connectivity index (χ1v) is 11.4. The zero-order valence-electron chi connectivity index (χ0n) is 19.4. The number of carbonyl (C=O) groups is 1. The average molecular weight is 464 g/mol. The number of nitrogen functional groups attached to an aromatic ring is 1. The molecule has 1 saturated carbocycles. The largest absolute Gasteiger partial charge is 0.464 e. The lowest BCUT2D eigenvalue weighted by Gasteiger charge is -2.27. The van der Waals surface area contributed by atoms with E-state index in [2.05, 4.69) is 29.4 Å². The number of fused-ring (bicyclic) bond motifs is 1. The minimum Gasteiger partial charge on any atom is -0.464 e. The molecule has 0 radical (unpaired) electrons. The summed E-state index contributed by atoms with van der Waals surface area (Å²) in [7, 11) is 0. The summed E-state index contributed by atoms with van der Waals surface area (Å²) in [6.45, 7) is 7.83. The molecular weight excluding hydrogens is 430 g/mol. The Bertz CT molecular complexity index is 1010. The molecule has 11 nitrogen and oxygen atoms in total. The van der Waals surface area contributed by atoms with E-state index in [0.29, 0.717) is 36.0 Å². The molecule has 5 N–H and O–H groups in total. The number of hydrogen-bond donors (Lipinski definition) is 4. The van der Waals surface area contributed by atoms with Crippen LogP contribution >= 0.6 is 0 Å². The molecule has 1 spiro atoms. The Morgan fingerprint density at radius 3 is 2.79 bits per heavy atom. The average Bonchev–Trinajstić information content (AvgIpc) is 3.23. The number of hydroxylamine groups is 1. The van der Waals surface area contributed by atoms with E-state index in [0.717, 1.165) is 12.8 Å². The van der Waals surface area contributed by atoms with Gasteiger partial charge in [-0.2, -0.15) is 10.6 Å². The van der Waals surface area contributed by atoms with Crippen LogP contribution in [0.3, 0.4) is 0 Å². The predicted octanol–water partition coefficient (Wildman–Crippen LogP) is 0.679. The molecule has 1 aliphatic carbocycles. The van der Waals surface area contributed by atoms with Crippen LogP contribution in [-0.4, -0.2) is 67.3 Å². The highest BCUT2D eigenvalue weighted by Crippen LogP contribution is 2.57. The molecule has 1 saturated heterocycles. The lowest BCUT2D eigenvalue weighted by Crippen LogP contribution is -2.41. The molecule has 3 heterocycles. The fraction of sp³-hybridized carbons (Fsp3) is 0.682. The lowest BCUT2D eigenvalue weighted by atomic mass is 9.93. The highest BCUT2D eigenvalue weighted by Gasteiger charge is 2.73. The van der Waals surface area contributed by atoms with E-state index < -0.39 is 41.5 Å². The second kappa shape index (κ2) is 8.80. The van der Waals surface area contributed by atoms with Crippen molar-refractivity contribution in [2.45, 2.75) is 82.5 Å².